The van der Waals surface area contributed by atoms with E-state index in [-0.39, 0.29) is 0 Å². The molecule has 0 spiro atoms. The number of para-hydroxylation sites is 1. The number of nitrogens with zero attached hydrogens (tertiary/aromatic N) is 3. The summed E-state index contributed by atoms with van der Waals surface area (Å²) in [5.74, 6) is 0.822. The van der Waals surface area contributed by atoms with Crippen LogP contribution in [-0.4, -0.2) is 18.2 Å². The van der Waals surface area contributed by atoms with Crippen molar-refractivity contribution in [3.63, 3.8) is 0 Å². The Morgan fingerprint density at radius 2 is 1.42 bits per heavy atom. The van der Waals surface area contributed by atoms with E-state index in [0.29, 0.717) is 0 Å². The van der Waals surface area contributed by atoms with Gasteiger partial charge >= 0.3 is 0 Å². The van der Waals surface area contributed by atoms with Crippen LogP contribution in [-0.2, 0) is 0 Å². The monoisotopic (exact) mass is 271 g/mol. The van der Waals surface area contributed by atoms with Gasteiger partial charge in [0.15, 0.2) is 8.24 Å². The summed E-state index contributed by atoms with van der Waals surface area (Å²) in [6.07, 6.45) is 0. The molecule has 1 heterocycles. The van der Waals surface area contributed by atoms with Crippen LogP contribution < -0.4 is 4.57 Å². The maximum absolute atomic E-state index is 4.63. The van der Waals surface area contributed by atoms with E-state index >= 15 is 0 Å². The molecule has 0 fully saturated rings. The van der Waals surface area contributed by atoms with Gasteiger partial charge in [-0.05, 0) is 32.0 Å². The van der Waals surface area contributed by atoms with Crippen LogP contribution in [0.5, 0.6) is 0 Å². The second-order valence-corrected chi connectivity index (χ2v) is 10.6. The molecule has 100 valence electrons. The molecule has 0 atom stereocenters. The van der Waals surface area contributed by atoms with E-state index in [2.05, 4.69) is 58.4 Å². The lowest BCUT2D eigenvalue weighted by molar-refractivity contribution is 1.02. The molecular weight excluding hydrogens is 250 g/mol. The standard InChI is InChI=1S/C15H21N3Si/c1-12-11-13(2)17-15(16-12)18(19(3,4)5)14-9-7-6-8-10-14/h6-11H,1-5H3. The van der Waals surface area contributed by atoms with Gasteiger partial charge in [-0.15, -0.1) is 0 Å². The number of aryl methyl sites for hydroxylation is 2. The fraction of sp³-hybridized carbons (Fsp3) is 0.333. The second kappa shape index (κ2) is 5.13. The molecule has 3 nitrogen and oxygen atoms in total. The number of hydrogen-bond donors (Lipinski definition) is 0. The highest BCUT2D eigenvalue weighted by atomic mass is 28.3. The Labute approximate surface area is 116 Å². The van der Waals surface area contributed by atoms with Gasteiger partial charge in [0.1, 0.15) is 0 Å². The van der Waals surface area contributed by atoms with Crippen LogP contribution in [0.15, 0.2) is 36.4 Å². The zero-order valence-corrected chi connectivity index (χ0v) is 13.3. The van der Waals surface area contributed by atoms with Crippen molar-refractivity contribution < 1.29 is 0 Å². The van der Waals surface area contributed by atoms with E-state index < -0.39 is 8.24 Å². The van der Waals surface area contributed by atoms with Crippen molar-refractivity contribution >= 4 is 19.9 Å². The summed E-state index contributed by atoms with van der Waals surface area (Å²) in [5.41, 5.74) is 3.20. The van der Waals surface area contributed by atoms with E-state index in [1.54, 1.807) is 0 Å². The third-order valence-corrected chi connectivity index (χ3v) is 4.66. The second-order valence-electron chi connectivity index (χ2n) is 5.79. The van der Waals surface area contributed by atoms with Crippen molar-refractivity contribution in [2.45, 2.75) is 33.5 Å². The van der Waals surface area contributed by atoms with Gasteiger partial charge in [0.2, 0.25) is 5.95 Å². The van der Waals surface area contributed by atoms with Crippen molar-refractivity contribution in [2.24, 2.45) is 0 Å². The molecule has 0 amide bonds. The SMILES string of the molecule is Cc1cc(C)nc(N(c2ccccc2)[Si](C)(C)C)n1. The van der Waals surface area contributed by atoms with Crippen LogP contribution in [0, 0.1) is 13.8 Å². The highest BCUT2D eigenvalue weighted by Crippen LogP contribution is 2.28. The van der Waals surface area contributed by atoms with Gasteiger partial charge in [0, 0.05) is 17.1 Å². The molecule has 0 radical (unpaired) electrons. The molecule has 0 aliphatic heterocycles. The van der Waals surface area contributed by atoms with Crippen molar-refractivity contribution in [1.29, 1.82) is 0 Å². The largest absolute Gasteiger partial charge is 0.339 e. The van der Waals surface area contributed by atoms with Gasteiger partial charge < -0.3 is 4.57 Å². The molecule has 0 saturated carbocycles. The Bertz CT molecular complexity index is 541. The maximum atomic E-state index is 4.63. The van der Waals surface area contributed by atoms with Gasteiger partial charge in [0.05, 0.1) is 0 Å². The van der Waals surface area contributed by atoms with E-state index in [0.717, 1.165) is 17.3 Å². The van der Waals surface area contributed by atoms with Gasteiger partial charge in [-0.2, -0.15) is 0 Å². The summed E-state index contributed by atoms with van der Waals surface area (Å²) in [7, 11) is -1.61. The average molecular weight is 271 g/mol. The first kappa shape index (κ1) is 13.7. The molecule has 2 aromatic rings. The molecule has 0 N–H and O–H groups in total. The first-order valence-electron chi connectivity index (χ1n) is 6.55. The van der Waals surface area contributed by atoms with E-state index in [9.17, 15) is 0 Å². The summed E-state index contributed by atoms with van der Waals surface area (Å²) >= 11 is 0. The third kappa shape index (κ3) is 3.20. The number of aromatic nitrogens is 2. The normalized spacial score (nSPS) is 11.4. The summed E-state index contributed by atoms with van der Waals surface area (Å²) in [6, 6.07) is 12.4. The van der Waals surface area contributed by atoms with Gasteiger partial charge in [0.25, 0.3) is 0 Å². The fourth-order valence-corrected chi connectivity index (χ4v) is 3.81. The van der Waals surface area contributed by atoms with Crippen LogP contribution in [0.2, 0.25) is 19.6 Å². The lowest BCUT2D eigenvalue weighted by Gasteiger charge is -2.34. The van der Waals surface area contributed by atoms with Crippen LogP contribution >= 0.6 is 0 Å². The molecule has 0 aliphatic carbocycles. The predicted octanol–water partition coefficient (Wildman–Crippen LogP) is 4.07. The Morgan fingerprint density at radius 3 is 1.89 bits per heavy atom. The summed E-state index contributed by atoms with van der Waals surface area (Å²) in [5, 5.41) is 0. The minimum absolute atomic E-state index is 0.822. The Morgan fingerprint density at radius 1 is 0.895 bits per heavy atom. The smallest absolute Gasteiger partial charge is 0.222 e. The highest BCUT2D eigenvalue weighted by molar-refractivity contribution is 6.80. The molecular formula is C15H21N3Si. The van der Waals surface area contributed by atoms with Crippen molar-refractivity contribution in [1.82, 2.24) is 9.97 Å². The lowest BCUT2D eigenvalue weighted by Crippen LogP contribution is -2.43. The summed E-state index contributed by atoms with van der Waals surface area (Å²) < 4.78 is 2.31. The molecule has 1 aromatic carbocycles. The molecule has 0 unspecified atom stereocenters. The zero-order valence-electron chi connectivity index (χ0n) is 12.3. The minimum Gasteiger partial charge on any atom is -0.339 e. The van der Waals surface area contributed by atoms with Gasteiger partial charge in [-0.25, -0.2) is 9.97 Å². The Kier molecular flexibility index (Phi) is 3.71. The maximum Gasteiger partial charge on any atom is 0.222 e. The van der Waals surface area contributed by atoms with Gasteiger partial charge in [-0.3, -0.25) is 0 Å². The van der Waals surface area contributed by atoms with Crippen LogP contribution in [0.1, 0.15) is 11.4 Å². The van der Waals surface area contributed by atoms with Crippen molar-refractivity contribution in [3.05, 3.63) is 47.8 Å². The summed E-state index contributed by atoms with van der Waals surface area (Å²) in [4.78, 5) is 9.25. The molecule has 19 heavy (non-hydrogen) atoms. The highest BCUT2D eigenvalue weighted by Gasteiger charge is 2.28. The molecule has 0 bridgehead atoms. The average Bonchev–Trinajstić information content (AvgIpc) is 2.27. The number of benzene rings is 1. The van der Waals surface area contributed by atoms with Crippen molar-refractivity contribution in [2.75, 3.05) is 4.57 Å². The van der Waals surface area contributed by atoms with Crippen LogP contribution in [0.3, 0.4) is 0 Å². The van der Waals surface area contributed by atoms with Crippen LogP contribution in [0.25, 0.3) is 0 Å². The van der Waals surface area contributed by atoms with Crippen molar-refractivity contribution in [3.8, 4) is 0 Å². The van der Waals surface area contributed by atoms with Gasteiger partial charge in [-0.1, -0.05) is 37.8 Å². The van der Waals surface area contributed by atoms with E-state index in [4.69, 9.17) is 0 Å². The fourth-order valence-electron chi connectivity index (χ4n) is 2.19. The molecule has 4 heteroatoms. The Hall–Kier alpha value is -1.68. The molecule has 2 rings (SSSR count). The van der Waals surface area contributed by atoms with E-state index in [1.165, 1.54) is 5.69 Å². The molecule has 0 aliphatic rings. The zero-order chi connectivity index (χ0) is 14.0. The molecule has 1 aromatic heterocycles. The lowest BCUT2D eigenvalue weighted by atomic mass is 10.3. The quantitative estimate of drug-likeness (QED) is 0.788. The van der Waals surface area contributed by atoms with Crippen LogP contribution in [0.4, 0.5) is 11.6 Å². The third-order valence-electron chi connectivity index (χ3n) is 2.86. The predicted molar refractivity (Wildman–Crippen MR) is 83.4 cm³/mol. The first-order chi connectivity index (χ1) is 8.88. The minimum atomic E-state index is -1.61. The first-order valence-corrected chi connectivity index (χ1v) is 10.0. The topological polar surface area (TPSA) is 29.0 Å². The number of rotatable bonds is 3. The van der Waals surface area contributed by atoms with E-state index in [1.807, 2.05) is 26.0 Å². The number of hydrogen-bond acceptors (Lipinski definition) is 3. The molecule has 0 saturated heterocycles. The summed E-state index contributed by atoms with van der Waals surface area (Å²) in [6.45, 7) is 11.0. The number of anilines is 2. The Balaban J connectivity index is 2.56.